The quantitative estimate of drug-likeness (QED) is 0.376. The highest BCUT2D eigenvalue weighted by atomic mass is 19.4. The number of nitrogens with zero attached hydrogens (tertiary/aromatic N) is 2. The molecule has 2 rings (SSSR count). The van der Waals surface area contributed by atoms with Gasteiger partial charge in [0.1, 0.15) is 12.0 Å². The molecule has 1 aliphatic rings. The van der Waals surface area contributed by atoms with Crippen LogP contribution in [-0.2, 0) is 26.7 Å². The number of nitrogens with one attached hydrogen (secondary N) is 1. The molecule has 190 valence electrons. The average Bonchev–Trinajstić information content (AvgIpc) is 2.66. The number of amides is 3. The van der Waals surface area contributed by atoms with E-state index in [0.717, 1.165) is 0 Å². The minimum absolute atomic E-state index is 0.0648. The Morgan fingerprint density at radius 3 is 1.94 bits per heavy atom. The van der Waals surface area contributed by atoms with E-state index in [1.165, 1.54) is 9.80 Å². The Hall–Kier alpha value is -3.19. The lowest BCUT2D eigenvalue weighted by atomic mass is 10.1. The van der Waals surface area contributed by atoms with Crippen LogP contribution in [0.3, 0.4) is 0 Å². The zero-order valence-electron chi connectivity index (χ0n) is 18.6. The fraction of sp³-hybridized carbons (Fsp3) is 0.550. The van der Waals surface area contributed by atoms with Gasteiger partial charge >= 0.3 is 18.4 Å². The molecule has 0 radical (unpaired) electrons. The van der Waals surface area contributed by atoms with Crippen molar-refractivity contribution in [3.05, 3.63) is 23.3 Å². The molecule has 1 saturated heterocycles. The van der Waals surface area contributed by atoms with Crippen molar-refractivity contribution in [2.24, 2.45) is 0 Å². The first-order chi connectivity index (χ1) is 15.4. The van der Waals surface area contributed by atoms with Crippen LogP contribution < -0.4 is 11.1 Å². The highest BCUT2D eigenvalue weighted by molar-refractivity contribution is 6.05. The third-order valence-corrected chi connectivity index (χ3v) is 4.68. The number of halogens is 6. The molecule has 0 saturated carbocycles. The summed E-state index contributed by atoms with van der Waals surface area (Å²) in [7, 11) is 0. The zero-order chi connectivity index (χ0) is 26.1. The summed E-state index contributed by atoms with van der Waals surface area (Å²) >= 11 is 0. The third kappa shape index (κ3) is 7.15. The fourth-order valence-corrected chi connectivity index (χ4v) is 3.06. The van der Waals surface area contributed by atoms with Crippen molar-refractivity contribution in [1.82, 2.24) is 9.80 Å². The number of nitrogens with two attached hydrogens (primary N) is 1. The molecule has 0 atom stereocenters. The van der Waals surface area contributed by atoms with E-state index in [0.29, 0.717) is 0 Å². The summed E-state index contributed by atoms with van der Waals surface area (Å²) in [5, 5.41) is 1.86. The van der Waals surface area contributed by atoms with Crippen molar-refractivity contribution in [1.29, 1.82) is 0 Å². The van der Waals surface area contributed by atoms with E-state index in [9.17, 15) is 40.7 Å². The van der Waals surface area contributed by atoms with Crippen LogP contribution in [-0.4, -0.2) is 59.5 Å². The number of nitrogen functional groups attached to an aromatic ring is 1. The number of carbonyl (C=O) groups is 3. The molecule has 34 heavy (non-hydrogen) atoms. The van der Waals surface area contributed by atoms with Gasteiger partial charge in [0.2, 0.25) is 11.8 Å². The molecule has 1 aliphatic heterocycles. The van der Waals surface area contributed by atoms with Crippen LogP contribution in [0.1, 0.15) is 38.3 Å². The molecular formula is C20H24F6N4O4. The molecule has 1 heterocycles. The molecule has 3 N–H and O–H groups in total. The van der Waals surface area contributed by atoms with Crippen molar-refractivity contribution >= 4 is 29.3 Å². The van der Waals surface area contributed by atoms with Gasteiger partial charge in [-0.3, -0.25) is 9.59 Å². The number of carbonyl (C=O) groups excluding carboxylic acids is 3. The highest BCUT2D eigenvalue weighted by Crippen LogP contribution is 2.42. The monoisotopic (exact) mass is 498 g/mol. The Bertz CT molecular complexity index is 948. The number of hydrogen-bond acceptors (Lipinski definition) is 5. The molecule has 14 heteroatoms. The second-order valence-electron chi connectivity index (χ2n) is 8.55. The number of ether oxygens (including phenoxy) is 1. The summed E-state index contributed by atoms with van der Waals surface area (Å²) in [5.74, 6) is -1.86. The summed E-state index contributed by atoms with van der Waals surface area (Å²) < 4.78 is 83.6. The van der Waals surface area contributed by atoms with E-state index in [-0.39, 0.29) is 38.3 Å². The van der Waals surface area contributed by atoms with Crippen LogP contribution in [0.25, 0.3) is 0 Å². The average molecular weight is 498 g/mol. The molecule has 1 fully saturated rings. The van der Waals surface area contributed by atoms with E-state index in [2.05, 4.69) is 0 Å². The summed E-state index contributed by atoms with van der Waals surface area (Å²) in [4.78, 5) is 39.3. The Morgan fingerprint density at radius 1 is 0.941 bits per heavy atom. The predicted molar refractivity (Wildman–Crippen MR) is 108 cm³/mol. The minimum Gasteiger partial charge on any atom is -0.444 e. The Kier molecular flexibility index (Phi) is 7.63. The molecule has 8 nitrogen and oxygen atoms in total. The molecule has 1 aromatic rings. The first-order valence-electron chi connectivity index (χ1n) is 10.0. The highest BCUT2D eigenvalue weighted by Gasteiger charge is 2.39. The van der Waals surface area contributed by atoms with Gasteiger partial charge in [-0.15, -0.1) is 0 Å². The number of benzene rings is 1. The smallest absolute Gasteiger partial charge is 0.418 e. The Balaban J connectivity index is 2.05. The van der Waals surface area contributed by atoms with Crippen LogP contribution >= 0.6 is 0 Å². The van der Waals surface area contributed by atoms with E-state index >= 15 is 0 Å². The van der Waals surface area contributed by atoms with Gasteiger partial charge in [-0.25, -0.2) is 4.79 Å². The van der Waals surface area contributed by atoms with Gasteiger partial charge < -0.3 is 25.6 Å². The standard InChI is InChI=1S/C20H24F6N4O4/c1-18(2,3)34-17(33)30-6-4-29(5-7-30)15(32)10-14(31)28-13-9-11(19(21,22)23)8-12(16(13)27)20(24,25)26/h8-9H,4-7,10,27H2,1-3H3,(H,28,31). The fourth-order valence-electron chi connectivity index (χ4n) is 3.06. The normalized spacial score (nSPS) is 15.2. The third-order valence-electron chi connectivity index (χ3n) is 4.68. The lowest BCUT2D eigenvalue weighted by molar-refractivity contribution is -0.143. The van der Waals surface area contributed by atoms with E-state index in [4.69, 9.17) is 10.5 Å². The molecule has 0 spiro atoms. The maximum atomic E-state index is 13.1. The number of anilines is 2. The number of hydrogen-bond donors (Lipinski definition) is 2. The Labute approximate surface area is 191 Å². The van der Waals surface area contributed by atoms with Crippen LogP contribution in [0.2, 0.25) is 0 Å². The van der Waals surface area contributed by atoms with Gasteiger partial charge in [0.05, 0.1) is 22.5 Å². The lowest BCUT2D eigenvalue weighted by Gasteiger charge is -2.35. The molecular weight excluding hydrogens is 474 g/mol. The number of alkyl halides is 6. The molecule has 3 amide bonds. The number of piperazine rings is 1. The lowest BCUT2D eigenvalue weighted by Crippen LogP contribution is -2.52. The van der Waals surface area contributed by atoms with Crippen LogP contribution in [0.15, 0.2) is 12.1 Å². The minimum atomic E-state index is -5.20. The number of rotatable bonds is 3. The second kappa shape index (κ2) is 9.58. The van der Waals surface area contributed by atoms with E-state index in [1.807, 2.05) is 5.32 Å². The zero-order valence-corrected chi connectivity index (χ0v) is 18.6. The van der Waals surface area contributed by atoms with Crippen LogP contribution in [0, 0.1) is 0 Å². The molecule has 0 aromatic heterocycles. The van der Waals surface area contributed by atoms with E-state index in [1.54, 1.807) is 20.8 Å². The largest absolute Gasteiger partial charge is 0.444 e. The van der Waals surface area contributed by atoms with Gasteiger partial charge in [0.25, 0.3) is 0 Å². The van der Waals surface area contributed by atoms with Crippen molar-refractivity contribution in [2.45, 2.75) is 45.1 Å². The topological polar surface area (TPSA) is 105 Å². The summed E-state index contributed by atoms with van der Waals surface area (Å²) in [6, 6.07) is 0.118. The van der Waals surface area contributed by atoms with Crippen LogP contribution in [0.4, 0.5) is 42.5 Å². The Morgan fingerprint density at radius 2 is 1.47 bits per heavy atom. The van der Waals surface area contributed by atoms with Gasteiger partial charge in [0.15, 0.2) is 0 Å². The summed E-state index contributed by atoms with van der Waals surface area (Å²) in [6.07, 6.45) is -11.7. The first kappa shape index (κ1) is 27.1. The maximum absolute atomic E-state index is 13.1. The molecule has 0 aliphatic carbocycles. The molecule has 1 aromatic carbocycles. The van der Waals surface area contributed by atoms with Crippen molar-refractivity contribution in [3.63, 3.8) is 0 Å². The molecule has 0 unspecified atom stereocenters. The van der Waals surface area contributed by atoms with Gasteiger partial charge in [-0.05, 0) is 32.9 Å². The van der Waals surface area contributed by atoms with E-state index < -0.39 is 64.8 Å². The SMILES string of the molecule is CC(C)(C)OC(=O)N1CCN(C(=O)CC(=O)Nc2cc(C(F)(F)F)cc(C(F)(F)F)c2N)CC1. The summed E-state index contributed by atoms with van der Waals surface area (Å²) in [6.45, 7) is 5.45. The second-order valence-corrected chi connectivity index (χ2v) is 8.55. The van der Waals surface area contributed by atoms with Crippen molar-refractivity contribution < 1.29 is 45.5 Å². The van der Waals surface area contributed by atoms with Crippen molar-refractivity contribution in [2.75, 3.05) is 37.2 Å². The van der Waals surface area contributed by atoms with Gasteiger partial charge in [-0.2, -0.15) is 26.3 Å². The summed E-state index contributed by atoms with van der Waals surface area (Å²) in [5.41, 5.74) is -0.797. The maximum Gasteiger partial charge on any atom is 0.418 e. The van der Waals surface area contributed by atoms with Gasteiger partial charge in [0, 0.05) is 26.2 Å². The van der Waals surface area contributed by atoms with Gasteiger partial charge in [-0.1, -0.05) is 0 Å². The van der Waals surface area contributed by atoms with Crippen LogP contribution in [0.5, 0.6) is 0 Å². The molecule has 0 bridgehead atoms. The van der Waals surface area contributed by atoms with Crippen molar-refractivity contribution in [3.8, 4) is 0 Å². The predicted octanol–water partition coefficient (Wildman–Crippen LogP) is 3.71. The first-order valence-corrected chi connectivity index (χ1v) is 10.0.